The second-order valence-corrected chi connectivity index (χ2v) is 8.57. The highest BCUT2D eigenvalue weighted by atomic mass is 32.2. The van der Waals surface area contributed by atoms with Gasteiger partial charge in [0.15, 0.2) is 0 Å². The number of thiocarbonyl (C=S) groups is 1. The summed E-state index contributed by atoms with van der Waals surface area (Å²) in [5, 5.41) is 2.62. The van der Waals surface area contributed by atoms with Crippen LogP contribution in [0.2, 0.25) is 0 Å². The van der Waals surface area contributed by atoms with Gasteiger partial charge < -0.3 is 5.32 Å². The molecule has 3 aliphatic heterocycles. The standard InChI is InChI=1S/C18H16N2O2S2/c1-8-5-10-9(2)7-18(3,4)20-13(10)11(6-8)12(16(20)22)14-15(21)19-17(23)24-14/h5-7H,1-4H3,(H,19,21,23)/b14-12-. The summed E-state index contributed by atoms with van der Waals surface area (Å²) in [4.78, 5) is 27.7. The first-order valence-corrected chi connectivity index (χ1v) is 8.90. The quantitative estimate of drug-likeness (QED) is 0.572. The molecule has 3 aliphatic rings. The highest BCUT2D eigenvalue weighted by molar-refractivity contribution is 8.27. The fraction of sp³-hybridized carbons (Fsp3) is 0.278. The number of carbonyl (C=O) groups is 2. The third-order valence-electron chi connectivity index (χ3n) is 4.58. The van der Waals surface area contributed by atoms with Gasteiger partial charge in [0.05, 0.1) is 21.7 Å². The van der Waals surface area contributed by atoms with Crippen LogP contribution in [0.1, 0.15) is 37.5 Å². The van der Waals surface area contributed by atoms with Crippen molar-refractivity contribution in [1.29, 1.82) is 0 Å². The first kappa shape index (κ1) is 15.6. The van der Waals surface area contributed by atoms with E-state index in [1.54, 1.807) is 0 Å². The number of nitrogens with zero attached hydrogens (tertiary/aromatic N) is 1. The summed E-state index contributed by atoms with van der Waals surface area (Å²) in [5.41, 5.74) is 5.03. The van der Waals surface area contributed by atoms with Crippen LogP contribution in [-0.4, -0.2) is 21.7 Å². The molecule has 1 saturated heterocycles. The maximum Gasteiger partial charge on any atom is 0.264 e. The molecule has 4 nitrogen and oxygen atoms in total. The van der Waals surface area contributed by atoms with Crippen LogP contribution in [0.4, 0.5) is 5.69 Å². The molecule has 1 fully saturated rings. The van der Waals surface area contributed by atoms with E-state index in [0.717, 1.165) is 28.0 Å². The number of aryl methyl sites for hydroxylation is 1. The van der Waals surface area contributed by atoms with E-state index < -0.39 is 5.54 Å². The number of carbonyl (C=O) groups excluding carboxylic acids is 2. The van der Waals surface area contributed by atoms with E-state index in [1.807, 2.05) is 31.7 Å². The van der Waals surface area contributed by atoms with E-state index in [9.17, 15) is 9.59 Å². The maximum atomic E-state index is 13.3. The summed E-state index contributed by atoms with van der Waals surface area (Å²) < 4.78 is 0.395. The normalized spacial score (nSPS) is 24.2. The van der Waals surface area contributed by atoms with Crippen LogP contribution < -0.4 is 10.2 Å². The predicted molar refractivity (Wildman–Crippen MR) is 102 cm³/mol. The molecule has 3 heterocycles. The number of rotatable bonds is 0. The number of anilines is 1. The summed E-state index contributed by atoms with van der Waals surface area (Å²) in [7, 11) is 0. The Morgan fingerprint density at radius 1 is 1.17 bits per heavy atom. The lowest BCUT2D eigenvalue weighted by molar-refractivity contribution is -0.116. The smallest absolute Gasteiger partial charge is 0.264 e. The lowest BCUT2D eigenvalue weighted by atomic mass is 9.88. The minimum Gasteiger partial charge on any atom is -0.307 e. The Kier molecular flexibility index (Phi) is 3.12. The first-order chi connectivity index (χ1) is 11.2. The number of benzene rings is 1. The minimum atomic E-state index is -0.444. The fourth-order valence-electron chi connectivity index (χ4n) is 3.76. The van der Waals surface area contributed by atoms with Gasteiger partial charge in [-0.05, 0) is 51.0 Å². The van der Waals surface area contributed by atoms with Crippen LogP contribution in [-0.2, 0) is 9.59 Å². The lowest BCUT2D eigenvalue weighted by Crippen LogP contribution is -2.46. The van der Waals surface area contributed by atoms with Crippen molar-refractivity contribution in [3.05, 3.63) is 39.8 Å². The Hall–Kier alpha value is -1.92. The molecule has 2 amide bonds. The van der Waals surface area contributed by atoms with Crippen molar-refractivity contribution in [1.82, 2.24) is 5.32 Å². The van der Waals surface area contributed by atoms with Crippen LogP contribution in [0, 0.1) is 6.92 Å². The molecule has 0 atom stereocenters. The van der Waals surface area contributed by atoms with Gasteiger partial charge in [-0.15, -0.1) is 0 Å². The highest BCUT2D eigenvalue weighted by Crippen LogP contribution is 2.51. The molecule has 0 saturated carbocycles. The van der Waals surface area contributed by atoms with Crippen molar-refractivity contribution in [3.8, 4) is 0 Å². The predicted octanol–water partition coefficient (Wildman–Crippen LogP) is 3.40. The van der Waals surface area contributed by atoms with Gasteiger partial charge in [0.2, 0.25) is 0 Å². The van der Waals surface area contributed by atoms with Gasteiger partial charge in [0.25, 0.3) is 11.8 Å². The monoisotopic (exact) mass is 356 g/mol. The van der Waals surface area contributed by atoms with Gasteiger partial charge in [-0.25, -0.2) is 0 Å². The van der Waals surface area contributed by atoms with Crippen LogP contribution in [0.25, 0.3) is 11.1 Å². The van der Waals surface area contributed by atoms with Crippen molar-refractivity contribution >= 4 is 56.9 Å². The summed E-state index contributed by atoms with van der Waals surface area (Å²) in [6.07, 6.45) is 2.11. The van der Waals surface area contributed by atoms with Crippen molar-refractivity contribution < 1.29 is 9.59 Å². The molecule has 24 heavy (non-hydrogen) atoms. The molecule has 0 radical (unpaired) electrons. The topological polar surface area (TPSA) is 49.4 Å². The van der Waals surface area contributed by atoms with Crippen LogP contribution in [0.5, 0.6) is 0 Å². The van der Waals surface area contributed by atoms with Crippen molar-refractivity contribution in [2.24, 2.45) is 0 Å². The third-order valence-corrected chi connectivity index (χ3v) is 5.81. The van der Waals surface area contributed by atoms with Crippen molar-refractivity contribution in [2.45, 2.75) is 33.2 Å². The average molecular weight is 356 g/mol. The number of amides is 2. The number of nitrogens with one attached hydrogen (secondary N) is 1. The van der Waals surface area contributed by atoms with E-state index in [4.69, 9.17) is 12.2 Å². The van der Waals surface area contributed by atoms with Crippen LogP contribution >= 0.6 is 24.0 Å². The number of thioether (sulfide) groups is 1. The van der Waals surface area contributed by atoms with E-state index in [1.165, 1.54) is 11.8 Å². The number of allylic oxidation sites excluding steroid dienone is 1. The largest absolute Gasteiger partial charge is 0.307 e. The van der Waals surface area contributed by atoms with E-state index >= 15 is 0 Å². The Bertz CT molecular complexity index is 925. The summed E-state index contributed by atoms with van der Waals surface area (Å²) in [5.74, 6) is -0.418. The van der Waals surface area contributed by atoms with Gasteiger partial charge in [-0.3, -0.25) is 14.5 Å². The Morgan fingerprint density at radius 3 is 2.46 bits per heavy atom. The molecule has 4 rings (SSSR count). The van der Waals surface area contributed by atoms with Gasteiger partial charge in [0, 0.05) is 11.1 Å². The minimum absolute atomic E-state index is 0.132. The van der Waals surface area contributed by atoms with Gasteiger partial charge in [-0.2, -0.15) is 0 Å². The zero-order valence-corrected chi connectivity index (χ0v) is 15.4. The number of hydrogen-bond donors (Lipinski definition) is 1. The molecule has 0 unspecified atom stereocenters. The van der Waals surface area contributed by atoms with Gasteiger partial charge in [-0.1, -0.05) is 30.1 Å². The number of hydrogen-bond acceptors (Lipinski definition) is 4. The summed E-state index contributed by atoms with van der Waals surface area (Å²) >= 11 is 6.26. The molecular weight excluding hydrogens is 340 g/mol. The summed E-state index contributed by atoms with van der Waals surface area (Å²) in [6, 6.07) is 4.09. The zero-order valence-electron chi connectivity index (χ0n) is 13.8. The van der Waals surface area contributed by atoms with E-state index in [-0.39, 0.29) is 11.8 Å². The molecule has 1 aromatic carbocycles. The Morgan fingerprint density at radius 2 is 1.83 bits per heavy atom. The molecule has 6 heteroatoms. The van der Waals surface area contributed by atoms with Gasteiger partial charge in [0.1, 0.15) is 4.32 Å². The van der Waals surface area contributed by atoms with Crippen LogP contribution in [0.15, 0.2) is 23.1 Å². The molecule has 0 spiro atoms. The maximum absolute atomic E-state index is 13.3. The third kappa shape index (κ3) is 1.96. The Labute approximate surface area is 150 Å². The lowest BCUT2D eigenvalue weighted by Gasteiger charge is -2.38. The van der Waals surface area contributed by atoms with Gasteiger partial charge >= 0.3 is 0 Å². The molecule has 122 valence electrons. The van der Waals surface area contributed by atoms with E-state index in [2.05, 4.69) is 24.4 Å². The fourth-order valence-corrected chi connectivity index (χ4v) is 4.87. The second kappa shape index (κ2) is 4.80. The molecular formula is C18H16N2O2S2. The van der Waals surface area contributed by atoms with Crippen LogP contribution in [0.3, 0.4) is 0 Å². The second-order valence-electron chi connectivity index (χ2n) is 6.88. The molecule has 1 aromatic rings. The zero-order chi connectivity index (χ0) is 17.4. The van der Waals surface area contributed by atoms with Crippen molar-refractivity contribution in [3.63, 3.8) is 0 Å². The molecule has 0 bridgehead atoms. The first-order valence-electron chi connectivity index (χ1n) is 7.67. The molecule has 0 aromatic heterocycles. The average Bonchev–Trinajstić information content (AvgIpc) is 2.92. The van der Waals surface area contributed by atoms with Crippen molar-refractivity contribution in [2.75, 3.05) is 4.90 Å². The Balaban J connectivity index is 2.08. The molecule has 0 aliphatic carbocycles. The molecule has 1 N–H and O–H groups in total. The summed E-state index contributed by atoms with van der Waals surface area (Å²) in [6.45, 7) is 8.10. The highest BCUT2D eigenvalue weighted by Gasteiger charge is 2.47. The SMILES string of the molecule is CC1=CC(C)(C)N2C(=O)/C(=C3\SC(=S)NC3=O)c3cc(C)cc1c32. The van der Waals surface area contributed by atoms with E-state index in [0.29, 0.717) is 14.8 Å².